The molecule has 1 rings (SSSR count). The molecule has 0 amide bonds. The molecular weight excluding hydrogens is 186 g/mol. The van der Waals surface area contributed by atoms with Crippen LogP contribution in [0.5, 0.6) is 0 Å². The summed E-state index contributed by atoms with van der Waals surface area (Å²) in [6.45, 7) is 9.20. The fourth-order valence-corrected chi connectivity index (χ4v) is 1.56. The number of nitrogens with zero attached hydrogens (tertiary/aromatic N) is 2. The average Bonchev–Trinajstić information content (AvgIpc) is 2.18. The molecule has 0 spiro atoms. The molecule has 3 heteroatoms. The van der Waals surface area contributed by atoms with Crippen molar-refractivity contribution in [1.29, 1.82) is 0 Å². The van der Waals surface area contributed by atoms with Gasteiger partial charge in [0, 0.05) is 24.4 Å². The lowest BCUT2D eigenvalue weighted by Gasteiger charge is -2.18. The molecule has 2 N–H and O–H groups in total. The summed E-state index contributed by atoms with van der Waals surface area (Å²) in [6, 6.07) is 1.97. The molecule has 3 nitrogen and oxygen atoms in total. The highest BCUT2D eigenvalue weighted by Crippen LogP contribution is 2.21. The Kier molecular flexibility index (Phi) is 4.21. The fourth-order valence-electron chi connectivity index (χ4n) is 1.56. The Hall–Kier alpha value is -0.960. The number of hydrogen-bond acceptors (Lipinski definition) is 3. The van der Waals surface area contributed by atoms with Gasteiger partial charge in [-0.05, 0) is 17.9 Å². The van der Waals surface area contributed by atoms with Crippen molar-refractivity contribution >= 4 is 0 Å². The molecule has 1 aromatic heterocycles. The van der Waals surface area contributed by atoms with Crippen LogP contribution in [0.2, 0.25) is 0 Å². The van der Waals surface area contributed by atoms with Crippen molar-refractivity contribution in [3.63, 3.8) is 0 Å². The third kappa shape index (κ3) is 2.99. The first-order chi connectivity index (χ1) is 7.06. The van der Waals surface area contributed by atoms with Crippen LogP contribution in [0.25, 0.3) is 0 Å². The normalized spacial score (nSPS) is 13.5. The van der Waals surface area contributed by atoms with E-state index < -0.39 is 0 Å². The number of rotatable bonds is 4. The lowest BCUT2D eigenvalue weighted by molar-refractivity contribution is 0.480. The van der Waals surface area contributed by atoms with Gasteiger partial charge in [-0.1, -0.05) is 27.7 Å². The van der Waals surface area contributed by atoms with E-state index in [1.54, 1.807) is 0 Å². The second kappa shape index (κ2) is 5.21. The summed E-state index contributed by atoms with van der Waals surface area (Å²) in [4.78, 5) is 8.90. The minimum atomic E-state index is 0.267. The molecule has 15 heavy (non-hydrogen) atoms. The van der Waals surface area contributed by atoms with Crippen molar-refractivity contribution in [3.8, 4) is 0 Å². The van der Waals surface area contributed by atoms with Gasteiger partial charge in [-0.25, -0.2) is 9.97 Å². The maximum Gasteiger partial charge on any atom is 0.133 e. The van der Waals surface area contributed by atoms with Gasteiger partial charge in [0.15, 0.2) is 0 Å². The largest absolute Gasteiger partial charge is 0.330 e. The van der Waals surface area contributed by atoms with E-state index in [0.717, 1.165) is 11.5 Å². The summed E-state index contributed by atoms with van der Waals surface area (Å²) in [5.74, 6) is 2.08. The zero-order valence-corrected chi connectivity index (χ0v) is 10.1. The minimum absolute atomic E-state index is 0.267. The highest BCUT2D eigenvalue weighted by Gasteiger charge is 2.17. The third-order valence-corrected chi connectivity index (χ3v) is 2.68. The Morgan fingerprint density at radius 2 is 1.93 bits per heavy atom. The van der Waals surface area contributed by atoms with E-state index in [1.807, 2.05) is 12.3 Å². The topological polar surface area (TPSA) is 51.8 Å². The fraction of sp³-hybridized carbons (Fsp3) is 0.667. The smallest absolute Gasteiger partial charge is 0.133 e. The van der Waals surface area contributed by atoms with E-state index in [2.05, 4.69) is 37.7 Å². The quantitative estimate of drug-likeness (QED) is 0.824. The Labute approximate surface area is 92.1 Å². The molecule has 1 heterocycles. The zero-order valence-electron chi connectivity index (χ0n) is 10.1. The van der Waals surface area contributed by atoms with Gasteiger partial charge in [-0.3, -0.25) is 0 Å². The second-order valence-corrected chi connectivity index (χ2v) is 4.58. The SMILES string of the molecule is CC(C)c1ccnc(C(CN)C(C)C)n1. The Morgan fingerprint density at radius 1 is 1.27 bits per heavy atom. The summed E-state index contributed by atoms with van der Waals surface area (Å²) >= 11 is 0. The molecule has 0 aliphatic carbocycles. The van der Waals surface area contributed by atoms with Crippen LogP contribution in [0.1, 0.15) is 51.0 Å². The number of nitrogens with two attached hydrogens (primary N) is 1. The maximum atomic E-state index is 5.75. The van der Waals surface area contributed by atoms with Crippen molar-refractivity contribution in [2.75, 3.05) is 6.54 Å². The van der Waals surface area contributed by atoms with Crippen molar-refractivity contribution in [2.24, 2.45) is 11.7 Å². The lowest BCUT2D eigenvalue weighted by atomic mass is 9.95. The van der Waals surface area contributed by atoms with Crippen molar-refractivity contribution in [1.82, 2.24) is 9.97 Å². The van der Waals surface area contributed by atoms with Gasteiger partial charge in [0.05, 0.1) is 0 Å². The van der Waals surface area contributed by atoms with Crippen molar-refractivity contribution in [2.45, 2.75) is 39.5 Å². The van der Waals surface area contributed by atoms with E-state index in [-0.39, 0.29) is 5.92 Å². The van der Waals surface area contributed by atoms with Crippen LogP contribution in [0.4, 0.5) is 0 Å². The molecule has 0 radical (unpaired) electrons. The highest BCUT2D eigenvalue weighted by molar-refractivity contribution is 5.09. The molecule has 0 saturated carbocycles. The van der Waals surface area contributed by atoms with E-state index in [1.165, 1.54) is 0 Å². The Bertz CT molecular complexity index is 307. The first kappa shape index (κ1) is 12.1. The standard InChI is InChI=1S/C12H21N3/c1-8(2)10(7-13)12-14-6-5-11(15-12)9(3)4/h5-6,8-10H,7,13H2,1-4H3. The molecule has 1 unspecified atom stereocenters. The van der Waals surface area contributed by atoms with Crippen LogP contribution in [0.15, 0.2) is 12.3 Å². The predicted octanol–water partition coefficient (Wildman–Crippen LogP) is 2.30. The average molecular weight is 207 g/mol. The maximum absolute atomic E-state index is 5.75. The number of aromatic nitrogens is 2. The van der Waals surface area contributed by atoms with Crippen LogP contribution < -0.4 is 5.73 Å². The molecular formula is C12H21N3. The molecule has 0 aromatic carbocycles. The summed E-state index contributed by atoms with van der Waals surface area (Å²) in [7, 11) is 0. The van der Waals surface area contributed by atoms with Crippen LogP contribution in [0, 0.1) is 5.92 Å². The lowest BCUT2D eigenvalue weighted by Crippen LogP contribution is -2.20. The molecule has 0 aliphatic heterocycles. The summed E-state index contributed by atoms with van der Waals surface area (Å²) in [6.07, 6.45) is 1.84. The summed E-state index contributed by atoms with van der Waals surface area (Å²) < 4.78 is 0. The van der Waals surface area contributed by atoms with Crippen LogP contribution in [0.3, 0.4) is 0 Å². The summed E-state index contributed by atoms with van der Waals surface area (Å²) in [5.41, 5.74) is 6.85. The monoisotopic (exact) mass is 207 g/mol. The molecule has 1 aromatic rings. The molecule has 0 saturated heterocycles. The first-order valence-electron chi connectivity index (χ1n) is 5.59. The zero-order chi connectivity index (χ0) is 11.4. The van der Waals surface area contributed by atoms with Gasteiger partial charge < -0.3 is 5.73 Å². The second-order valence-electron chi connectivity index (χ2n) is 4.58. The minimum Gasteiger partial charge on any atom is -0.330 e. The molecule has 0 bridgehead atoms. The van der Waals surface area contributed by atoms with E-state index in [9.17, 15) is 0 Å². The first-order valence-corrected chi connectivity index (χ1v) is 5.59. The van der Waals surface area contributed by atoms with Gasteiger partial charge in [-0.15, -0.1) is 0 Å². The van der Waals surface area contributed by atoms with Gasteiger partial charge in [-0.2, -0.15) is 0 Å². The summed E-state index contributed by atoms with van der Waals surface area (Å²) in [5, 5.41) is 0. The molecule has 0 aliphatic rings. The van der Waals surface area contributed by atoms with Gasteiger partial charge in [0.2, 0.25) is 0 Å². The van der Waals surface area contributed by atoms with Crippen molar-refractivity contribution < 1.29 is 0 Å². The van der Waals surface area contributed by atoms with Gasteiger partial charge in [0.25, 0.3) is 0 Å². The van der Waals surface area contributed by atoms with Gasteiger partial charge >= 0.3 is 0 Å². The predicted molar refractivity (Wildman–Crippen MR) is 62.8 cm³/mol. The van der Waals surface area contributed by atoms with Crippen LogP contribution >= 0.6 is 0 Å². The van der Waals surface area contributed by atoms with Gasteiger partial charge in [0.1, 0.15) is 5.82 Å². The van der Waals surface area contributed by atoms with Crippen LogP contribution in [-0.2, 0) is 0 Å². The van der Waals surface area contributed by atoms with E-state index >= 15 is 0 Å². The van der Waals surface area contributed by atoms with E-state index in [4.69, 9.17) is 5.73 Å². The van der Waals surface area contributed by atoms with E-state index in [0.29, 0.717) is 18.4 Å². The Morgan fingerprint density at radius 3 is 2.40 bits per heavy atom. The molecule has 0 fully saturated rings. The van der Waals surface area contributed by atoms with Crippen molar-refractivity contribution in [3.05, 3.63) is 23.8 Å². The third-order valence-electron chi connectivity index (χ3n) is 2.68. The van der Waals surface area contributed by atoms with Crippen LogP contribution in [-0.4, -0.2) is 16.5 Å². The Balaban J connectivity index is 2.98. The number of hydrogen-bond donors (Lipinski definition) is 1. The highest BCUT2D eigenvalue weighted by atomic mass is 14.9. The molecule has 1 atom stereocenters. The molecule has 84 valence electrons.